The minimum Gasteiger partial charge on any atom is -0.355 e. The lowest BCUT2D eigenvalue weighted by Crippen LogP contribution is -2.41. The Bertz CT molecular complexity index is 970. The smallest absolute Gasteiger partial charge is 0.355 e. The number of amides is 2. The molecular weight excluding hydrogens is 419 g/mol. The summed E-state index contributed by atoms with van der Waals surface area (Å²) in [7, 11) is 0. The Hall–Kier alpha value is -2.90. The van der Waals surface area contributed by atoms with Gasteiger partial charge >= 0.3 is 6.18 Å². The van der Waals surface area contributed by atoms with Gasteiger partial charge in [-0.2, -0.15) is 13.2 Å². The number of benzene rings is 1. The second-order valence-electron chi connectivity index (χ2n) is 8.74. The number of pyridine rings is 1. The Kier molecular flexibility index (Phi) is 6.22. The zero-order chi connectivity index (χ0) is 22.8. The van der Waals surface area contributed by atoms with Crippen LogP contribution in [-0.4, -0.2) is 41.3 Å². The molecule has 2 aliphatic rings. The fourth-order valence-electron chi connectivity index (χ4n) is 4.60. The summed E-state index contributed by atoms with van der Waals surface area (Å²) in [6, 6.07) is 10.6. The van der Waals surface area contributed by atoms with Crippen LogP contribution in [0.15, 0.2) is 48.7 Å². The monoisotopic (exact) mass is 445 g/mol. The van der Waals surface area contributed by atoms with Crippen LogP contribution in [-0.2, 0) is 28.6 Å². The van der Waals surface area contributed by atoms with Crippen LogP contribution in [0.25, 0.3) is 0 Å². The highest BCUT2D eigenvalue weighted by atomic mass is 19.4. The average Bonchev–Trinajstić information content (AvgIpc) is 3.47. The number of alkyl halides is 3. The van der Waals surface area contributed by atoms with Crippen molar-refractivity contribution in [1.29, 1.82) is 0 Å². The Morgan fingerprint density at radius 3 is 2.59 bits per heavy atom. The van der Waals surface area contributed by atoms with Crippen molar-refractivity contribution < 1.29 is 22.8 Å². The van der Waals surface area contributed by atoms with E-state index in [1.807, 2.05) is 18.2 Å². The molecule has 1 N–H and O–H groups in total. The number of hydrogen-bond donors (Lipinski definition) is 1. The summed E-state index contributed by atoms with van der Waals surface area (Å²) in [5.74, 6) is -0.132. The SMILES string of the molecule is O=C(NCCc1ccccn1)[C@H]1CC12CCN(C(=O)Cc1cccc(C(F)(F)F)c1)CC2. The van der Waals surface area contributed by atoms with Gasteiger partial charge in [-0.1, -0.05) is 24.3 Å². The Labute approximate surface area is 185 Å². The third-order valence-electron chi connectivity index (χ3n) is 6.63. The van der Waals surface area contributed by atoms with Crippen LogP contribution in [0.4, 0.5) is 13.2 Å². The van der Waals surface area contributed by atoms with Gasteiger partial charge in [-0.3, -0.25) is 14.6 Å². The molecule has 5 nitrogen and oxygen atoms in total. The molecule has 1 spiro atoms. The second-order valence-corrected chi connectivity index (χ2v) is 8.74. The summed E-state index contributed by atoms with van der Waals surface area (Å²) >= 11 is 0. The van der Waals surface area contributed by atoms with E-state index in [1.54, 1.807) is 17.2 Å². The van der Waals surface area contributed by atoms with Gasteiger partial charge in [0.2, 0.25) is 11.8 Å². The largest absolute Gasteiger partial charge is 0.416 e. The van der Waals surface area contributed by atoms with Crippen molar-refractivity contribution >= 4 is 11.8 Å². The number of halogens is 3. The number of carbonyl (C=O) groups is 2. The molecule has 2 amide bonds. The van der Waals surface area contributed by atoms with Crippen molar-refractivity contribution in [3.63, 3.8) is 0 Å². The lowest BCUT2D eigenvalue weighted by molar-refractivity contribution is -0.138. The van der Waals surface area contributed by atoms with E-state index in [1.165, 1.54) is 6.07 Å². The maximum absolute atomic E-state index is 12.9. The normalized spacial score (nSPS) is 19.6. The summed E-state index contributed by atoms with van der Waals surface area (Å²) < 4.78 is 38.7. The maximum atomic E-state index is 12.9. The molecular formula is C24H26F3N3O2. The minimum atomic E-state index is -4.42. The second kappa shape index (κ2) is 8.92. The number of carbonyl (C=O) groups excluding carboxylic acids is 2. The van der Waals surface area contributed by atoms with E-state index in [0.717, 1.165) is 37.1 Å². The highest BCUT2D eigenvalue weighted by molar-refractivity contribution is 5.83. The number of nitrogens with one attached hydrogen (secondary N) is 1. The highest BCUT2D eigenvalue weighted by Crippen LogP contribution is 2.59. The molecule has 2 heterocycles. The summed E-state index contributed by atoms with van der Waals surface area (Å²) in [5, 5.41) is 3.00. The van der Waals surface area contributed by atoms with Crippen molar-refractivity contribution in [3.05, 3.63) is 65.5 Å². The summed E-state index contributed by atoms with van der Waals surface area (Å²) in [5.41, 5.74) is 0.519. The molecule has 32 heavy (non-hydrogen) atoms. The standard InChI is InChI=1S/C24H26F3N3O2/c25-24(26,27)18-5-3-4-17(14-18)15-21(31)30-12-8-23(9-13-30)16-20(23)22(32)29-11-7-19-6-1-2-10-28-19/h1-6,10,14,20H,7-9,11-13,15-16H2,(H,29,32)/t20-/m1/s1. The van der Waals surface area contributed by atoms with Crippen molar-refractivity contribution in [2.24, 2.45) is 11.3 Å². The third-order valence-corrected chi connectivity index (χ3v) is 6.63. The number of hydrogen-bond acceptors (Lipinski definition) is 3. The lowest BCUT2D eigenvalue weighted by atomic mass is 9.90. The highest BCUT2D eigenvalue weighted by Gasteiger charge is 2.58. The molecule has 2 fully saturated rings. The Balaban J connectivity index is 1.23. The molecule has 2 aromatic rings. The maximum Gasteiger partial charge on any atom is 0.416 e. The molecule has 1 aliphatic carbocycles. The molecule has 0 bridgehead atoms. The summed E-state index contributed by atoms with van der Waals surface area (Å²) in [4.78, 5) is 31.1. The predicted molar refractivity (Wildman–Crippen MR) is 112 cm³/mol. The summed E-state index contributed by atoms with van der Waals surface area (Å²) in [6.45, 7) is 1.62. The number of aromatic nitrogens is 1. The van der Waals surface area contributed by atoms with E-state index in [4.69, 9.17) is 0 Å². The van der Waals surface area contributed by atoms with E-state index in [2.05, 4.69) is 10.3 Å². The topological polar surface area (TPSA) is 62.3 Å². The Morgan fingerprint density at radius 1 is 1.12 bits per heavy atom. The van der Waals surface area contributed by atoms with Crippen molar-refractivity contribution in [2.75, 3.05) is 19.6 Å². The minimum absolute atomic E-state index is 0.0213. The zero-order valence-electron chi connectivity index (χ0n) is 17.7. The van der Waals surface area contributed by atoms with Crippen LogP contribution in [0.5, 0.6) is 0 Å². The van der Waals surface area contributed by atoms with Crippen molar-refractivity contribution in [2.45, 2.75) is 38.3 Å². The van der Waals surface area contributed by atoms with E-state index >= 15 is 0 Å². The molecule has 8 heteroatoms. The van der Waals surface area contributed by atoms with Crippen LogP contribution in [0.3, 0.4) is 0 Å². The van der Waals surface area contributed by atoms with Crippen LogP contribution < -0.4 is 5.32 Å². The molecule has 170 valence electrons. The van der Waals surface area contributed by atoms with Crippen LogP contribution in [0.2, 0.25) is 0 Å². The van der Waals surface area contributed by atoms with E-state index in [0.29, 0.717) is 31.6 Å². The first-order chi connectivity index (χ1) is 15.3. The van der Waals surface area contributed by atoms with Crippen LogP contribution in [0.1, 0.15) is 36.1 Å². The third kappa shape index (κ3) is 5.11. The number of rotatable bonds is 6. The molecule has 1 saturated carbocycles. The fraction of sp³-hybridized carbons (Fsp3) is 0.458. The summed E-state index contributed by atoms with van der Waals surface area (Å²) in [6.07, 6.45) is 0.279. The van der Waals surface area contributed by atoms with Gasteiger partial charge in [0.15, 0.2) is 0 Å². The quantitative estimate of drug-likeness (QED) is 0.739. The van der Waals surface area contributed by atoms with Gasteiger partial charge in [0.25, 0.3) is 0 Å². The van der Waals surface area contributed by atoms with Gasteiger partial charge in [0, 0.05) is 43.9 Å². The molecule has 0 unspecified atom stereocenters. The Morgan fingerprint density at radius 2 is 1.91 bits per heavy atom. The van der Waals surface area contributed by atoms with Crippen molar-refractivity contribution in [3.8, 4) is 0 Å². The lowest BCUT2D eigenvalue weighted by Gasteiger charge is -2.33. The van der Waals surface area contributed by atoms with Gasteiger partial charge < -0.3 is 10.2 Å². The first-order valence-corrected chi connectivity index (χ1v) is 10.9. The predicted octanol–water partition coefficient (Wildman–Crippen LogP) is 3.63. The van der Waals surface area contributed by atoms with E-state index in [9.17, 15) is 22.8 Å². The zero-order valence-corrected chi connectivity index (χ0v) is 17.7. The molecule has 4 rings (SSSR count). The molecule has 1 saturated heterocycles. The van der Waals surface area contributed by atoms with E-state index in [-0.39, 0.29) is 29.6 Å². The van der Waals surface area contributed by atoms with Gasteiger partial charge in [0.05, 0.1) is 12.0 Å². The fourth-order valence-corrected chi connectivity index (χ4v) is 4.60. The first-order valence-electron chi connectivity index (χ1n) is 10.9. The van der Waals surface area contributed by atoms with Crippen molar-refractivity contribution in [1.82, 2.24) is 15.2 Å². The van der Waals surface area contributed by atoms with Gasteiger partial charge in [-0.15, -0.1) is 0 Å². The molecule has 1 aliphatic heterocycles. The molecule has 1 aromatic carbocycles. The number of likely N-dealkylation sites (tertiary alicyclic amines) is 1. The molecule has 1 atom stereocenters. The molecule has 1 aromatic heterocycles. The van der Waals surface area contributed by atoms with Gasteiger partial charge in [-0.25, -0.2) is 0 Å². The average molecular weight is 445 g/mol. The van der Waals surface area contributed by atoms with Crippen LogP contribution >= 0.6 is 0 Å². The molecule has 0 radical (unpaired) electrons. The van der Waals surface area contributed by atoms with Gasteiger partial charge in [0.1, 0.15) is 0 Å². The number of piperidine rings is 1. The first kappa shape index (κ1) is 22.3. The van der Waals surface area contributed by atoms with Gasteiger partial charge in [-0.05, 0) is 48.4 Å². The van der Waals surface area contributed by atoms with E-state index < -0.39 is 11.7 Å². The van der Waals surface area contributed by atoms with Crippen LogP contribution in [0, 0.1) is 11.3 Å². The number of nitrogens with zero attached hydrogens (tertiary/aromatic N) is 2.